The van der Waals surface area contributed by atoms with Crippen LogP contribution in [0.1, 0.15) is 43.9 Å². The third-order valence-electron chi connectivity index (χ3n) is 7.44. The standard InChI is InChI=1S/C28H29ClN6O4S/c1-16(2)35-23-8-7-20(12-21(23)24(36)34(27(35)39)14-17-3-4-17)32-26(38)33-9-10-40-28(15-33,25(31)37)19-6-5-18(13-30)22(29)11-19/h5-8,11-12,16-17H,3-4,9-10,14-15H2,1-2H3,(H2,31,37)(H,32,38). The summed E-state index contributed by atoms with van der Waals surface area (Å²) in [7, 11) is 0. The molecule has 1 unspecified atom stereocenters. The number of urea groups is 1. The van der Waals surface area contributed by atoms with Crippen LogP contribution in [0, 0.1) is 17.2 Å². The summed E-state index contributed by atoms with van der Waals surface area (Å²) < 4.78 is 1.66. The van der Waals surface area contributed by atoms with Crippen LogP contribution in [0.5, 0.6) is 0 Å². The van der Waals surface area contributed by atoms with Crippen LogP contribution in [0.25, 0.3) is 10.9 Å². The van der Waals surface area contributed by atoms with Crippen molar-refractivity contribution in [2.45, 2.75) is 44.0 Å². The molecular weight excluding hydrogens is 552 g/mol. The fraction of sp³-hybridized carbons (Fsp3) is 0.393. The van der Waals surface area contributed by atoms with Gasteiger partial charge in [-0.15, -0.1) is 11.8 Å². The third kappa shape index (κ3) is 4.97. The lowest BCUT2D eigenvalue weighted by atomic mass is 9.95. The SMILES string of the molecule is CC(C)n1c(=O)n(CC2CC2)c(=O)c2cc(NC(=O)N3CCSC(C(N)=O)(c4ccc(C#N)c(Cl)c4)C3)ccc21. The van der Waals surface area contributed by atoms with E-state index in [4.69, 9.17) is 17.3 Å². The van der Waals surface area contributed by atoms with E-state index in [1.165, 1.54) is 27.3 Å². The molecule has 208 valence electrons. The fourth-order valence-corrected chi connectivity index (χ4v) is 6.67. The molecule has 3 N–H and O–H groups in total. The van der Waals surface area contributed by atoms with E-state index in [1.807, 2.05) is 19.9 Å². The molecule has 2 heterocycles. The van der Waals surface area contributed by atoms with E-state index in [0.29, 0.717) is 46.9 Å². The summed E-state index contributed by atoms with van der Waals surface area (Å²) >= 11 is 7.57. The Bertz CT molecular complexity index is 1690. The van der Waals surface area contributed by atoms with Crippen molar-refractivity contribution in [3.63, 3.8) is 0 Å². The van der Waals surface area contributed by atoms with E-state index < -0.39 is 16.7 Å². The quantitative estimate of drug-likeness (QED) is 0.455. The second-order valence-corrected chi connectivity index (χ2v) is 12.3. The van der Waals surface area contributed by atoms with Crippen molar-refractivity contribution in [1.29, 1.82) is 5.26 Å². The molecule has 2 aliphatic rings. The van der Waals surface area contributed by atoms with Crippen molar-refractivity contribution < 1.29 is 9.59 Å². The van der Waals surface area contributed by atoms with Gasteiger partial charge < -0.3 is 16.0 Å². The molecule has 1 saturated heterocycles. The number of nitrogens with one attached hydrogen (secondary N) is 1. The average molecular weight is 581 g/mol. The lowest BCUT2D eigenvalue weighted by Gasteiger charge is -2.40. The Hall–Kier alpha value is -3.75. The van der Waals surface area contributed by atoms with Gasteiger partial charge >= 0.3 is 11.7 Å². The number of hydrogen-bond donors (Lipinski definition) is 2. The minimum absolute atomic E-state index is 0.00424. The second-order valence-electron chi connectivity index (χ2n) is 10.5. The van der Waals surface area contributed by atoms with E-state index in [-0.39, 0.29) is 34.4 Å². The van der Waals surface area contributed by atoms with Crippen LogP contribution in [0.15, 0.2) is 46.0 Å². The summed E-state index contributed by atoms with van der Waals surface area (Å²) in [5.41, 5.74) is 6.85. The Morgan fingerprint density at radius 1 is 1.23 bits per heavy atom. The number of nitriles is 1. The molecule has 1 aromatic heterocycles. The van der Waals surface area contributed by atoms with Gasteiger partial charge in [0.2, 0.25) is 5.91 Å². The summed E-state index contributed by atoms with van der Waals surface area (Å²) in [6.45, 7) is 4.53. The lowest BCUT2D eigenvalue weighted by Crippen LogP contribution is -2.54. The first-order valence-electron chi connectivity index (χ1n) is 13.0. The molecule has 0 spiro atoms. The van der Waals surface area contributed by atoms with Crippen LogP contribution in [0.3, 0.4) is 0 Å². The molecule has 3 aromatic rings. The monoisotopic (exact) mass is 580 g/mol. The summed E-state index contributed by atoms with van der Waals surface area (Å²) in [5.74, 6) is 0.155. The average Bonchev–Trinajstić information content (AvgIpc) is 3.75. The van der Waals surface area contributed by atoms with Gasteiger partial charge in [-0.1, -0.05) is 17.7 Å². The number of hydrogen-bond acceptors (Lipinski definition) is 6. The number of carbonyl (C=O) groups is 2. The minimum Gasteiger partial charge on any atom is -0.368 e. The van der Waals surface area contributed by atoms with Crippen molar-refractivity contribution in [3.05, 3.63) is 73.4 Å². The number of anilines is 1. The third-order valence-corrected chi connectivity index (χ3v) is 9.20. The second kappa shape index (κ2) is 10.7. The van der Waals surface area contributed by atoms with Crippen LogP contribution in [-0.4, -0.2) is 44.8 Å². The maximum absolute atomic E-state index is 13.4. The Kier molecular flexibility index (Phi) is 7.42. The Labute approximate surface area is 239 Å². The number of benzene rings is 2. The van der Waals surface area contributed by atoms with Crippen LogP contribution in [-0.2, 0) is 16.1 Å². The molecular formula is C28H29ClN6O4S. The van der Waals surface area contributed by atoms with Crippen molar-refractivity contribution in [2.75, 3.05) is 24.2 Å². The molecule has 1 atom stereocenters. The molecule has 1 aliphatic carbocycles. The van der Waals surface area contributed by atoms with Crippen molar-refractivity contribution in [2.24, 2.45) is 11.7 Å². The normalized spacial score (nSPS) is 19.0. The first-order chi connectivity index (χ1) is 19.1. The zero-order valence-corrected chi connectivity index (χ0v) is 23.7. The Balaban J connectivity index is 1.46. The molecule has 2 fully saturated rings. The molecule has 1 saturated carbocycles. The van der Waals surface area contributed by atoms with Crippen LogP contribution >= 0.6 is 23.4 Å². The number of aromatic nitrogens is 2. The van der Waals surface area contributed by atoms with Gasteiger partial charge in [-0.05, 0) is 68.5 Å². The number of primary amides is 1. The smallest absolute Gasteiger partial charge is 0.331 e. The molecule has 1 aliphatic heterocycles. The zero-order valence-electron chi connectivity index (χ0n) is 22.1. The first-order valence-corrected chi connectivity index (χ1v) is 14.4. The van der Waals surface area contributed by atoms with Crippen LogP contribution in [0.2, 0.25) is 5.02 Å². The molecule has 10 nitrogen and oxygen atoms in total. The first kappa shape index (κ1) is 27.8. The molecule has 0 radical (unpaired) electrons. The van der Waals surface area contributed by atoms with Gasteiger partial charge in [-0.2, -0.15) is 5.26 Å². The van der Waals surface area contributed by atoms with Crippen molar-refractivity contribution in [3.8, 4) is 6.07 Å². The van der Waals surface area contributed by atoms with Crippen LogP contribution < -0.4 is 22.3 Å². The van der Waals surface area contributed by atoms with E-state index in [2.05, 4.69) is 5.32 Å². The molecule has 5 rings (SSSR count). The van der Waals surface area contributed by atoms with Gasteiger partial charge in [0.05, 0.1) is 28.0 Å². The zero-order chi connectivity index (χ0) is 28.8. The number of rotatable bonds is 6. The number of thioether (sulfide) groups is 1. The van der Waals surface area contributed by atoms with Crippen molar-refractivity contribution in [1.82, 2.24) is 14.0 Å². The van der Waals surface area contributed by atoms with E-state index in [9.17, 15) is 24.4 Å². The lowest BCUT2D eigenvalue weighted by molar-refractivity contribution is -0.121. The summed E-state index contributed by atoms with van der Waals surface area (Å²) in [6.07, 6.45) is 1.99. The highest BCUT2D eigenvalue weighted by atomic mass is 35.5. The largest absolute Gasteiger partial charge is 0.368 e. The van der Waals surface area contributed by atoms with Gasteiger partial charge in [-0.3, -0.25) is 18.7 Å². The van der Waals surface area contributed by atoms with E-state index >= 15 is 0 Å². The molecule has 40 heavy (non-hydrogen) atoms. The molecule has 12 heteroatoms. The van der Waals surface area contributed by atoms with Gasteiger partial charge in [0, 0.05) is 30.6 Å². The number of carbonyl (C=O) groups excluding carboxylic acids is 2. The topological polar surface area (TPSA) is 143 Å². The minimum atomic E-state index is -1.25. The highest BCUT2D eigenvalue weighted by molar-refractivity contribution is 8.01. The van der Waals surface area contributed by atoms with Gasteiger partial charge in [-0.25, -0.2) is 9.59 Å². The molecule has 3 amide bonds. The number of halogens is 1. The summed E-state index contributed by atoms with van der Waals surface area (Å²) in [5, 5.41) is 12.6. The van der Waals surface area contributed by atoms with E-state index in [1.54, 1.807) is 34.9 Å². The van der Waals surface area contributed by atoms with Crippen LogP contribution in [0.4, 0.5) is 10.5 Å². The Morgan fingerprint density at radius 2 is 1.98 bits per heavy atom. The Morgan fingerprint density at radius 3 is 2.60 bits per heavy atom. The highest BCUT2D eigenvalue weighted by Gasteiger charge is 2.45. The molecule has 0 bridgehead atoms. The molecule has 2 aromatic carbocycles. The number of nitrogens with zero attached hydrogens (tertiary/aromatic N) is 4. The van der Waals surface area contributed by atoms with Crippen molar-refractivity contribution >= 4 is 51.9 Å². The van der Waals surface area contributed by atoms with Gasteiger partial charge in [0.1, 0.15) is 10.8 Å². The maximum Gasteiger partial charge on any atom is 0.331 e. The highest BCUT2D eigenvalue weighted by Crippen LogP contribution is 2.41. The van der Waals surface area contributed by atoms with Gasteiger partial charge in [0.15, 0.2) is 0 Å². The number of fused-ring (bicyclic) bond motifs is 1. The number of nitrogens with two attached hydrogens (primary N) is 1. The van der Waals surface area contributed by atoms with E-state index in [0.717, 1.165) is 12.8 Å². The fourth-order valence-electron chi connectivity index (χ4n) is 5.10. The maximum atomic E-state index is 13.4. The summed E-state index contributed by atoms with van der Waals surface area (Å²) in [4.78, 5) is 54.2. The van der Waals surface area contributed by atoms with Gasteiger partial charge in [0.25, 0.3) is 5.56 Å². The number of amides is 3. The predicted octanol–water partition coefficient (Wildman–Crippen LogP) is 3.64. The summed E-state index contributed by atoms with van der Waals surface area (Å²) in [6, 6.07) is 11.0. The predicted molar refractivity (Wildman–Crippen MR) is 156 cm³/mol.